The van der Waals surface area contributed by atoms with Gasteiger partial charge >= 0.3 is 6.03 Å². The lowest BCUT2D eigenvalue weighted by Gasteiger charge is -1.92. The largest absolute Gasteiger partial charge is 0.352 e. The lowest BCUT2D eigenvalue weighted by atomic mass is 10.3. The number of hydrogen-bond acceptors (Lipinski definition) is 3. The van der Waals surface area contributed by atoms with Crippen LogP contribution in [-0.4, -0.2) is 11.2 Å². The van der Waals surface area contributed by atoms with Gasteiger partial charge in [0.25, 0.3) is 0 Å². The molecule has 5 heteroatoms. The van der Waals surface area contributed by atoms with Crippen LogP contribution >= 0.6 is 0 Å². The number of hydrogen-bond donors (Lipinski definition) is 4. The van der Waals surface area contributed by atoms with E-state index >= 15 is 0 Å². The molecule has 0 aromatic heterocycles. The molecule has 0 fully saturated rings. The SMILES string of the molecule is NC(N)=O.ONc1ccccc1. The van der Waals surface area contributed by atoms with Gasteiger partial charge in [-0.1, -0.05) is 18.2 Å². The van der Waals surface area contributed by atoms with Crippen LogP contribution in [0.15, 0.2) is 30.3 Å². The summed E-state index contributed by atoms with van der Waals surface area (Å²) in [5, 5.41) is 8.29. The molecule has 0 saturated heterocycles. The zero-order valence-electron chi connectivity index (χ0n) is 6.40. The zero-order chi connectivity index (χ0) is 9.40. The van der Waals surface area contributed by atoms with Gasteiger partial charge in [0.05, 0.1) is 5.69 Å². The van der Waals surface area contributed by atoms with Gasteiger partial charge in [-0.2, -0.15) is 0 Å². The normalized spacial score (nSPS) is 7.75. The Labute approximate surface area is 69.9 Å². The number of nitrogens with one attached hydrogen (secondary N) is 1. The summed E-state index contributed by atoms with van der Waals surface area (Å²) in [6.45, 7) is 0. The van der Waals surface area contributed by atoms with Gasteiger partial charge < -0.3 is 11.5 Å². The van der Waals surface area contributed by atoms with Crippen LogP contribution < -0.4 is 16.9 Å². The molecular weight excluding hydrogens is 158 g/mol. The van der Waals surface area contributed by atoms with Crippen LogP contribution in [0.1, 0.15) is 0 Å². The molecule has 0 radical (unpaired) electrons. The Morgan fingerprint density at radius 2 is 1.67 bits per heavy atom. The fourth-order valence-corrected chi connectivity index (χ4v) is 0.513. The maximum atomic E-state index is 9.00. The first-order valence-corrected chi connectivity index (χ1v) is 3.17. The Bertz CT molecular complexity index is 221. The molecule has 5 nitrogen and oxygen atoms in total. The van der Waals surface area contributed by atoms with Gasteiger partial charge in [-0.3, -0.25) is 10.7 Å². The third-order valence-corrected chi connectivity index (χ3v) is 0.903. The molecule has 2 amide bonds. The van der Waals surface area contributed by atoms with Gasteiger partial charge in [0.2, 0.25) is 0 Å². The van der Waals surface area contributed by atoms with Crippen LogP contribution in [0.2, 0.25) is 0 Å². The van der Waals surface area contributed by atoms with Gasteiger partial charge in [-0.15, -0.1) is 0 Å². The van der Waals surface area contributed by atoms with Crippen LogP contribution in [0.4, 0.5) is 10.5 Å². The van der Waals surface area contributed by atoms with Crippen molar-refractivity contribution < 1.29 is 10.0 Å². The van der Waals surface area contributed by atoms with Gasteiger partial charge in [0.15, 0.2) is 0 Å². The number of anilines is 1. The molecule has 0 saturated carbocycles. The standard InChI is InChI=1S/C6H7NO.CH4N2O/c8-7-6-4-2-1-3-5-6;2-1(3)4/h1-5,7-8H;(H4,2,3,4). The number of carbonyl (C=O) groups is 1. The minimum Gasteiger partial charge on any atom is -0.352 e. The first-order valence-electron chi connectivity index (χ1n) is 3.17. The Balaban J connectivity index is 0.000000261. The van der Waals surface area contributed by atoms with E-state index in [1.54, 1.807) is 12.1 Å². The van der Waals surface area contributed by atoms with Crippen molar-refractivity contribution in [2.75, 3.05) is 5.48 Å². The van der Waals surface area contributed by atoms with Crippen molar-refractivity contribution in [3.05, 3.63) is 30.3 Å². The number of carbonyl (C=O) groups excluding carboxylic acids is 1. The average molecular weight is 169 g/mol. The number of rotatable bonds is 1. The summed E-state index contributed by atoms with van der Waals surface area (Å²) < 4.78 is 0. The maximum Gasteiger partial charge on any atom is 0.309 e. The number of primary amides is 2. The van der Waals surface area contributed by atoms with Crippen molar-refractivity contribution >= 4 is 11.7 Å². The molecule has 0 heterocycles. The van der Waals surface area contributed by atoms with E-state index in [9.17, 15) is 0 Å². The molecule has 1 aromatic rings. The highest BCUT2D eigenvalue weighted by Gasteiger charge is 1.79. The molecule has 0 atom stereocenters. The Morgan fingerprint density at radius 1 is 1.25 bits per heavy atom. The highest BCUT2D eigenvalue weighted by molar-refractivity contribution is 5.69. The van der Waals surface area contributed by atoms with Crippen LogP contribution in [0.25, 0.3) is 0 Å². The van der Waals surface area contributed by atoms with Crippen LogP contribution in [0, 0.1) is 0 Å². The van der Waals surface area contributed by atoms with E-state index in [1.165, 1.54) is 0 Å². The fraction of sp³-hybridized carbons (Fsp3) is 0. The Morgan fingerprint density at radius 3 is 1.92 bits per heavy atom. The summed E-state index contributed by atoms with van der Waals surface area (Å²) >= 11 is 0. The van der Waals surface area contributed by atoms with E-state index in [0.29, 0.717) is 5.69 Å². The Kier molecular flexibility index (Phi) is 5.12. The topological polar surface area (TPSA) is 101 Å². The molecule has 12 heavy (non-hydrogen) atoms. The summed E-state index contributed by atoms with van der Waals surface area (Å²) in [4.78, 5) is 9.00. The molecule has 66 valence electrons. The first-order chi connectivity index (χ1) is 5.66. The summed E-state index contributed by atoms with van der Waals surface area (Å²) in [6.07, 6.45) is 0. The zero-order valence-corrected chi connectivity index (χ0v) is 6.40. The molecule has 0 aliphatic rings. The fourth-order valence-electron chi connectivity index (χ4n) is 0.513. The van der Waals surface area contributed by atoms with Crippen molar-refractivity contribution in [2.45, 2.75) is 0 Å². The smallest absolute Gasteiger partial charge is 0.309 e. The summed E-state index contributed by atoms with van der Waals surface area (Å²) in [5.74, 6) is 0. The van der Waals surface area contributed by atoms with Gasteiger partial charge in [0.1, 0.15) is 0 Å². The van der Waals surface area contributed by atoms with E-state index in [-0.39, 0.29) is 0 Å². The molecular formula is C7H11N3O2. The van der Waals surface area contributed by atoms with E-state index in [2.05, 4.69) is 11.5 Å². The summed E-state index contributed by atoms with van der Waals surface area (Å²) in [7, 11) is 0. The van der Waals surface area contributed by atoms with Crippen molar-refractivity contribution in [1.29, 1.82) is 0 Å². The highest BCUT2D eigenvalue weighted by atomic mass is 16.5. The van der Waals surface area contributed by atoms with E-state index in [4.69, 9.17) is 10.0 Å². The molecule has 0 bridgehead atoms. The van der Waals surface area contributed by atoms with Crippen LogP contribution in [0.3, 0.4) is 0 Å². The molecule has 1 rings (SSSR count). The third-order valence-electron chi connectivity index (χ3n) is 0.903. The molecule has 6 N–H and O–H groups in total. The lowest BCUT2D eigenvalue weighted by molar-refractivity contribution is 0.256. The maximum absolute atomic E-state index is 9.00. The van der Waals surface area contributed by atoms with Crippen molar-refractivity contribution in [2.24, 2.45) is 11.5 Å². The number of nitrogens with two attached hydrogens (primary N) is 2. The molecule has 0 unspecified atom stereocenters. The molecule has 0 spiro atoms. The highest BCUT2D eigenvalue weighted by Crippen LogP contribution is 2.01. The molecule has 1 aromatic carbocycles. The summed E-state index contributed by atoms with van der Waals surface area (Å²) in [5.41, 5.74) is 11.2. The number of benzene rings is 1. The second-order valence-electron chi connectivity index (χ2n) is 1.88. The number of amides is 2. The van der Waals surface area contributed by atoms with Crippen molar-refractivity contribution in [3.8, 4) is 0 Å². The van der Waals surface area contributed by atoms with E-state index < -0.39 is 6.03 Å². The number of urea groups is 1. The second kappa shape index (κ2) is 5.99. The van der Waals surface area contributed by atoms with Gasteiger partial charge in [-0.25, -0.2) is 4.79 Å². The van der Waals surface area contributed by atoms with Crippen molar-refractivity contribution in [3.63, 3.8) is 0 Å². The minimum atomic E-state index is -0.833. The third kappa shape index (κ3) is 6.37. The number of para-hydroxylation sites is 1. The van der Waals surface area contributed by atoms with Gasteiger partial charge in [0, 0.05) is 0 Å². The van der Waals surface area contributed by atoms with Crippen molar-refractivity contribution in [1.82, 2.24) is 0 Å². The quantitative estimate of drug-likeness (QED) is 0.460. The Hall–Kier alpha value is -1.75. The van der Waals surface area contributed by atoms with E-state index in [1.807, 2.05) is 23.7 Å². The van der Waals surface area contributed by atoms with Crippen LogP contribution in [0.5, 0.6) is 0 Å². The monoisotopic (exact) mass is 169 g/mol. The predicted octanol–water partition coefficient (Wildman–Crippen LogP) is 0.511. The average Bonchev–Trinajstić information content (AvgIpc) is 2.05. The second-order valence-corrected chi connectivity index (χ2v) is 1.88. The minimum absolute atomic E-state index is 0.715. The van der Waals surface area contributed by atoms with E-state index in [0.717, 1.165) is 0 Å². The summed E-state index contributed by atoms with van der Waals surface area (Å²) in [6, 6.07) is 8.30. The lowest BCUT2D eigenvalue weighted by Crippen LogP contribution is -2.18. The predicted molar refractivity (Wildman–Crippen MR) is 45.6 cm³/mol. The van der Waals surface area contributed by atoms with Crippen LogP contribution in [-0.2, 0) is 0 Å². The van der Waals surface area contributed by atoms with Gasteiger partial charge in [-0.05, 0) is 12.1 Å². The molecule has 0 aliphatic heterocycles. The molecule has 0 aliphatic carbocycles. The first kappa shape index (κ1) is 10.2.